The van der Waals surface area contributed by atoms with Gasteiger partial charge in [-0.1, -0.05) is 36.4 Å². The summed E-state index contributed by atoms with van der Waals surface area (Å²) in [6.07, 6.45) is 3.47. The minimum absolute atomic E-state index is 0.0485. The molecule has 162 valence electrons. The summed E-state index contributed by atoms with van der Waals surface area (Å²) < 4.78 is 30.1. The molecule has 0 saturated carbocycles. The zero-order valence-corrected chi connectivity index (χ0v) is 18.8. The first-order chi connectivity index (χ1) is 15.1. The molecule has 2 aliphatic heterocycles. The predicted octanol–water partition coefficient (Wildman–Crippen LogP) is 3.58. The van der Waals surface area contributed by atoms with Crippen LogP contribution in [0.1, 0.15) is 30.1 Å². The summed E-state index contributed by atoms with van der Waals surface area (Å²) in [5.74, 6) is -0.274. The van der Waals surface area contributed by atoms with Gasteiger partial charge in [-0.3, -0.25) is 4.79 Å². The van der Waals surface area contributed by atoms with E-state index in [1.54, 1.807) is 17.5 Å². The number of fused-ring (bicyclic) bond motifs is 1. The lowest BCUT2D eigenvalue weighted by atomic mass is 9.94. The average Bonchev–Trinajstić information content (AvgIpc) is 3.51. The molecule has 1 aromatic carbocycles. The number of nitrogens with zero attached hydrogens (tertiary/aromatic N) is 3. The fourth-order valence-electron chi connectivity index (χ4n) is 4.74. The molecule has 6 nitrogen and oxygen atoms in total. The fourth-order valence-corrected chi connectivity index (χ4v) is 7.41. The number of hydrogen-bond donors (Lipinski definition) is 0. The number of hydrogen-bond acceptors (Lipinski definition) is 4. The molecule has 2 unspecified atom stereocenters. The van der Waals surface area contributed by atoms with Gasteiger partial charge in [-0.15, -0.1) is 11.3 Å². The molecule has 31 heavy (non-hydrogen) atoms. The van der Waals surface area contributed by atoms with Gasteiger partial charge >= 0.3 is 0 Å². The van der Waals surface area contributed by atoms with E-state index in [0.717, 1.165) is 17.8 Å². The fraction of sp³-hybridized carbons (Fsp3) is 0.348. The Hall–Kier alpha value is -2.42. The van der Waals surface area contributed by atoms with Gasteiger partial charge in [0.05, 0.1) is 12.0 Å². The highest BCUT2D eigenvalue weighted by Crippen LogP contribution is 2.35. The Morgan fingerprint density at radius 2 is 1.81 bits per heavy atom. The van der Waals surface area contributed by atoms with Crippen LogP contribution in [-0.4, -0.2) is 47.7 Å². The lowest BCUT2D eigenvalue weighted by Crippen LogP contribution is -2.50. The molecule has 3 aromatic rings. The van der Waals surface area contributed by atoms with Crippen LogP contribution < -0.4 is 0 Å². The van der Waals surface area contributed by atoms with E-state index in [0.29, 0.717) is 30.1 Å². The summed E-state index contributed by atoms with van der Waals surface area (Å²) in [6, 6.07) is 17.4. The van der Waals surface area contributed by atoms with E-state index >= 15 is 0 Å². The van der Waals surface area contributed by atoms with Crippen LogP contribution in [0.15, 0.2) is 70.4 Å². The van der Waals surface area contributed by atoms with Crippen molar-refractivity contribution in [2.45, 2.75) is 29.6 Å². The van der Waals surface area contributed by atoms with Gasteiger partial charge in [-0.2, -0.15) is 4.31 Å². The molecule has 0 N–H and O–H groups in total. The van der Waals surface area contributed by atoms with Crippen molar-refractivity contribution in [3.8, 4) is 0 Å². The number of amides is 1. The molecule has 0 bridgehead atoms. The SMILES string of the molecule is O=C(C1CCCN(S(=O)(=O)c2cccs2)C1)N1CCn2cccc2C1c1ccccc1. The summed E-state index contributed by atoms with van der Waals surface area (Å²) in [4.78, 5) is 15.7. The highest BCUT2D eigenvalue weighted by Gasteiger charge is 2.39. The maximum atomic E-state index is 13.7. The van der Waals surface area contributed by atoms with E-state index in [9.17, 15) is 13.2 Å². The van der Waals surface area contributed by atoms with Crippen LogP contribution in [0.25, 0.3) is 0 Å². The number of thiophene rings is 1. The van der Waals surface area contributed by atoms with E-state index < -0.39 is 10.0 Å². The molecule has 0 radical (unpaired) electrons. The standard InChI is InChI=1S/C23H25N3O3S2/c27-23(19-9-4-13-25(17-19)31(28,29)21-11-6-16-30-21)26-15-14-24-12-5-10-20(24)22(26)18-7-2-1-3-8-18/h1-3,5-8,10-12,16,19,22H,4,9,13-15,17H2. The van der Waals surface area contributed by atoms with Gasteiger partial charge in [0.15, 0.2) is 0 Å². The Labute approximate surface area is 186 Å². The number of carbonyl (C=O) groups is 1. The molecule has 2 atom stereocenters. The predicted molar refractivity (Wildman–Crippen MR) is 120 cm³/mol. The average molecular weight is 456 g/mol. The van der Waals surface area contributed by atoms with Crippen molar-refractivity contribution in [1.82, 2.24) is 13.8 Å². The van der Waals surface area contributed by atoms with Crippen molar-refractivity contribution in [3.05, 3.63) is 77.4 Å². The number of aromatic nitrogens is 1. The highest BCUT2D eigenvalue weighted by molar-refractivity contribution is 7.91. The summed E-state index contributed by atoms with van der Waals surface area (Å²) in [5, 5.41) is 1.77. The minimum atomic E-state index is -3.54. The Morgan fingerprint density at radius 3 is 2.58 bits per heavy atom. The Morgan fingerprint density at radius 1 is 0.968 bits per heavy atom. The number of piperidine rings is 1. The van der Waals surface area contributed by atoms with Gasteiger partial charge in [-0.05, 0) is 42.0 Å². The quantitative estimate of drug-likeness (QED) is 0.604. The monoisotopic (exact) mass is 455 g/mol. The first-order valence-electron chi connectivity index (χ1n) is 10.6. The number of sulfonamides is 1. The van der Waals surface area contributed by atoms with E-state index in [-0.39, 0.29) is 24.4 Å². The van der Waals surface area contributed by atoms with Crippen LogP contribution in [0.4, 0.5) is 0 Å². The summed E-state index contributed by atoms with van der Waals surface area (Å²) in [5.41, 5.74) is 2.18. The van der Waals surface area contributed by atoms with Gasteiger partial charge < -0.3 is 9.47 Å². The maximum absolute atomic E-state index is 13.7. The second kappa shape index (κ2) is 8.26. The molecular formula is C23H25N3O3S2. The van der Waals surface area contributed by atoms with Gasteiger partial charge in [0.25, 0.3) is 10.0 Å². The molecule has 1 amide bonds. The molecule has 0 spiro atoms. The van der Waals surface area contributed by atoms with E-state index in [1.165, 1.54) is 15.6 Å². The minimum Gasteiger partial charge on any atom is -0.348 e. The van der Waals surface area contributed by atoms with Crippen molar-refractivity contribution in [2.75, 3.05) is 19.6 Å². The third-order valence-corrected chi connectivity index (χ3v) is 9.50. The molecule has 2 aliphatic rings. The Balaban J connectivity index is 1.42. The second-order valence-electron chi connectivity index (χ2n) is 8.11. The summed E-state index contributed by atoms with van der Waals surface area (Å²) in [7, 11) is -3.54. The first kappa shape index (κ1) is 20.5. The smallest absolute Gasteiger partial charge is 0.252 e. The van der Waals surface area contributed by atoms with Crippen LogP contribution in [0, 0.1) is 5.92 Å². The molecule has 2 aromatic heterocycles. The van der Waals surface area contributed by atoms with Gasteiger partial charge in [-0.25, -0.2) is 8.42 Å². The van der Waals surface area contributed by atoms with Gasteiger partial charge in [0, 0.05) is 38.1 Å². The van der Waals surface area contributed by atoms with Crippen molar-refractivity contribution >= 4 is 27.3 Å². The second-order valence-corrected chi connectivity index (χ2v) is 11.2. The Kier molecular flexibility index (Phi) is 5.45. The topological polar surface area (TPSA) is 62.6 Å². The Bertz CT molecular complexity index is 1160. The van der Waals surface area contributed by atoms with Crippen LogP contribution in [0.5, 0.6) is 0 Å². The third-order valence-electron chi connectivity index (χ3n) is 6.26. The normalized spacial score (nSPS) is 22.3. The third kappa shape index (κ3) is 3.73. The zero-order chi connectivity index (χ0) is 21.4. The molecule has 0 aliphatic carbocycles. The lowest BCUT2D eigenvalue weighted by Gasteiger charge is -2.41. The lowest BCUT2D eigenvalue weighted by molar-refractivity contribution is -0.139. The number of benzene rings is 1. The first-order valence-corrected chi connectivity index (χ1v) is 12.9. The molecule has 1 saturated heterocycles. The molecule has 5 rings (SSSR count). The van der Waals surface area contributed by atoms with Crippen molar-refractivity contribution < 1.29 is 13.2 Å². The molecular weight excluding hydrogens is 430 g/mol. The van der Waals surface area contributed by atoms with Crippen LogP contribution in [0.2, 0.25) is 0 Å². The van der Waals surface area contributed by atoms with E-state index in [4.69, 9.17) is 0 Å². The molecule has 1 fully saturated rings. The maximum Gasteiger partial charge on any atom is 0.252 e. The summed E-state index contributed by atoms with van der Waals surface area (Å²) in [6.45, 7) is 2.09. The summed E-state index contributed by atoms with van der Waals surface area (Å²) >= 11 is 1.22. The van der Waals surface area contributed by atoms with E-state index in [2.05, 4.69) is 29.0 Å². The van der Waals surface area contributed by atoms with Crippen molar-refractivity contribution in [1.29, 1.82) is 0 Å². The van der Waals surface area contributed by atoms with Crippen LogP contribution >= 0.6 is 11.3 Å². The van der Waals surface area contributed by atoms with Gasteiger partial charge in [0.2, 0.25) is 5.91 Å². The highest BCUT2D eigenvalue weighted by atomic mass is 32.2. The molecule has 8 heteroatoms. The van der Waals surface area contributed by atoms with Crippen LogP contribution in [0.3, 0.4) is 0 Å². The molecule has 4 heterocycles. The van der Waals surface area contributed by atoms with Gasteiger partial charge in [0.1, 0.15) is 4.21 Å². The van der Waals surface area contributed by atoms with E-state index in [1.807, 2.05) is 29.2 Å². The number of rotatable bonds is 4. The van der Waals surface area contributed by atoms with Crippen LogP contribution in [-0.2, 0) is 21.4 Å². The largest absolute Gasteiger partial charge is 0.348 e. The van der Waals surface area contributed by atoms with Crippen molar-refractivity contribution in [2.24, 2.45) is 5.92 Å². The zero-order valence-electron chi connectivity index (χ0n) is 17.1. The number of carbonyl (C=O) groups excluding carboxylic acids is 1. The van der Waals surface area contributed by atoms with Crippen molar-refractivity contribution in [3.63, 3.8) is 0 Å².